The van der Waals surface area contributed by atoms with Crippen LogP contribution in [-0.2, 0) is 0 Å². The standard InChI is InChI=1S/C15H24N2O/c1-7-15(4,5)17(6)14(18)12-9-13(16)11(3)8-10(12)2/h8-9H,7,16H2,1-6H3. The Hall–Kier alpha value is -1.51. The largest absolute Gasteiger partial charge is 0.398 e. The maximum atomic E-state index is 12.5. The molecule has 1 aromatic rings. The molecule has 1 rings (SSSR count). The molecule has 0 bridgehead atoms. The highest BCUT2D eigenvalue weighted by Crippen LogP contribution is 2.23. The van der Waals surface area contributed by atoms with E-state index in [2.05, 4.69) is 20.8 Å². The van der Waals surface area contributed by atoms with Crippen molar-refractivity contribution < 1.29 is 4.79 Å². The normalized spacial score (nSPS) is 11.4. The lowest BCUT2D eigenvalue weighted by Gasteiger charge is -2.35. The van der Waals surface area contributed by atoms with E-state index in [1.165, 1.54) is 0 Å². The summed E-state index contributed by atoms with van der Waals surface area (Å²) in [6.45, 7) is 10.1. The zero-order chi connectivity index (χ0) is 14.1. The van der Waals surface area contributed by atoms with Gasteiger partial charge in [-0.1, -0.05) is 13.0 Å². The van der Waals surface area contributed by atoms with Gasteiger partial charge in [-0.3, -0.25) is 4.79 Å². The Bertz CT molecular complexity index is 464. The Balaban J connectivity index is 3.16. The minimum atomic E-state index is -0.150. The summed E-state index contributed by atoms with van der Waals surface area (Å²) < 4.78 is 0. The number of nitrogen functional groups attached to an aromatic ring is 1. The van der Waals surface area contributed by atoms with Crippen LogP contribution in [0.4, 0.5) is 5.69 Å². The monoisotopic (exact) mass is 248 g/mol. The molecule has 0 aliphatic carbocycles. The molecular weight excluding hydrogens is 224 g/mol. The lowest BCUT2D eigenvalue weighted by Crippen LogP contribution is -2.44. The second kappa shape index (κ2) is 5.01. The van der Waals surface area contributed by atoms with Crippen LogP contribution in [0.2, 0.25) is 0 Å². The molecule has 0 saturated carbocycles. The zero-order valence-corrected chi connectivity index (χ0v) is 12.3. The molecule has 0 saturated heterocycles. The summed E-state index contributed by atoms with van der Waals surface area (Å²) >= 11 is 0. The van der Waals surface area contributed by atoms with Crippen molar-refractivity contribution >= 4 is 11.6 Å². The van der Waals surface area contributed by atoms with Gasteiger partial charge in [0.05, 0.1) is 0 Å². The van der Waals surface area contributed by atoms with Crippen LogP contribution in [0.5, 0.6) is 0 Å². The molecule has 2 N–H and O–H groups in total. The zero-order valence-electron chi connectivity index (χ0n) is 12.3. The molecule has 1 amide bonds. The van der Waals surface area contributed by atoms with Crippen molar-refractivity contribution in [2.45, 2.75) is 46.6 Å². The first-order valence-electron chi connectivity index (χ1n) is 6.35. The minimum Gasteiger partial charge on any atom is -0.398 e. The Kier molecular flexibility index (Phi) is 4.05. The predicted molar refractivity (Wildman–Crippen MR) is 76.8 cm³/mol. The molecule has 0 aliphatic rings. The summed E-state index contributed by atoms with van der Waals surface area (Å²) in [6, 6.07) is 3.75. The molecule has 3 heteroatoms. The van der Waals surface area contributed by atoms with E-state index < -0.39 is 0 Å². The molecule has 0 fully saturated rings. The van der Waals surface area contributed by atoms with E-state index in [1.807, 2.05) is 27.0 Å². The van der Waals surface area contributed by atoms with E-state index >= 15 is 0 Å². The van der Waals surface area contributed by atoms with Gasteiger partial charge >= 0.3 is 0 Å². The fourth-order valence-electron chi connectivity index (χ4n) is 1.79. The topological polar surface area (TPSA) is 46.3 Å². The number of benzene rings is 1. The lowest BCUT2D eigenvalue weighted by molar-refractivity contribution is 0.0619. The number of carbonyl (C=O) groups is 1. The highest BCUT2D eigenvalue weighted by molar-refractivity contribution is 5.97. The molecule has 3 nitrogen and oxygen atoms in total. The second-order valence-corrected chi connectivity index (χ2v) is 5.55. The summed E-state index contributed by atoms with van der Waals surface area (Å²) in [6.07, 6.45) is 0.912. The van der Waals surface area contributed by atoms with Crippen LogP contribution < -0.4 is 5.73 Å². The highest BCUT2D eigenvalue weighted by atomic mass is 16.2. The van der Waals surface area contributed by atoms with Gasteiger partial charge in [-0.25, -0.2) is 0 Å². The molecule has 18 heavy (non-hydrogen) atoms. The minimum absolute atomic E-state index is 0.0334. The van der Waals surface area contributed by atoms with Gasteiger partial charge in [0.1, 0.15) is 0 Å². The van der Waals surface area contributed by atoms with Gasteiger partial charge in [-0.05, 0) is 51.3 Å². The SMILES string of the molecule is CCC(C)(C)N(C)C(=O)c1cc(N)c(C)cc1C. The molecule has 0 aliphatic heterocycles. The quantitative estimate of drug-likeness (QED) is 0.835. The third-order valence-corrected chi connectivity index (χ3v) is 3.92. The fourth-order valence-corrected chi connectivity index (χ4v) is 1.79. The maximum absolute atomic E-state index is 12.5. The summed E-state index contributed by atoms with van der Waals surface area (Å²) in [5.74, 6) is 0.0334. The average Bonchev–Trinajstić information content (AvgIpc) is 2.32. The van der Waals surface area contributed by atoms with E-state index in [0.717, 1.165) is 17.5 Å². The van der Waals surface area contributed by atoms with Crippen molar-refractivity contribution in [2.75, 3.05) is 12.8 Å². The summed E-state index contributed by atoms with van der Waals surface area (Å²) in [4.78, 5) is 14.3. The molecule has 1 aromatic carbocycles. The smallest absolute Gasteiger partial charge is 0.254 e. The van der Waals surface area contributed by atoms with Crippen LogP contribution in [-0.4, -0.2) is 23.4 Å². The van der Waals surface area contributed by atoms with Crippen molar-refractivity contribution in [3.63, 3.8) is 0 Å². The van der Waals surface area contributed by atoms with Crippen LogP contribution in [0.3, 0.4) is 0 Å². The number of nitrogens with two attached hydrogens (primary N) is 1. The van der Waals surface area contributed by atoms with Gasteiger partial charge in [-0.2, -0.15) is 0 Å². The molecule has 0 unspecified atom stereocenters. The average molecular weight is 248 g/mol. The third kappa shape index (κ3) is 2.66. The van der Waals surface area contributed by atoms with Crippen molar-refractivity contribution in [2.24, 2.45) is 0 Å². The van der Waals surface area contributed by atoms with E-state index in [4.69, 9.17) is 5.73 Å². The molecule has 100 valence electrons. The van der Waals surface area contributed by atoms with E-state index in [-0.39, 0.29) is 11.4 Å². The first-order valence-corrected chi connectivity index (χ1v) is 6.35. The van der Waals surface area contributed by atoms with Crippen LogP contribution in [0, 0.1) is 13.8 Å². The Labute approximate surface area is 110 Å². The number of aryl methyl sites for hydroxylation is 2. The van der Waals surface area contributed by atoms with Crippen LogP contribution in [0.15, 0.2) is 12.1 Å². The Morgan fingerprint density at radius 1 is 1.28 bits per heavy atom. The lowest BCUT2D eigenvalue weighted by atomic mass is 9.97. The van der Waals surface area contributed by atoms with Gasteiger partial charge in [0, 0.05) is 23.8 Å². The first-order chi connectivity index (χ1) is 8.20. The van der Waals surface area contributed by atoms with Crippen LogP contribution in [0.1, 0.15) is 48.7 Å². The molecular formula is C15H24N2O. The third-order valence-electron chi connectivity index (χ3n) is 3.92. The van der Waals surface area contributed by atoms with Gasteiger partial charge in [0.15, 0.2) is 0 Å². The van der Waals surface area contributed by atoms with Crippen molar-refractivity contribution in [1.82, 2.24) is 4.90 Å². The van der Waals surface area contributed by atoms with Gasteiger partial charge in [0.2, 0.25) is 0 Å². The second-order valence-electron chi connectivity index (χ2n) is 5.55. The van der Waals surface area contributed by atoms with E-state index in [9.17, 15) is 4.79 Å². The van der Waals surface area contributed by atoms with Crippen molar-refractivity contribution in [1.29, 1.82) is 0 Å². The number of anilines is 1. The predicted octanol–water partition coefficient (Wildman–Crippen LogP) is 3.15. The summed E-state index contributed by atoms with van der Waals surface area (Å²) in [5, 5.41) is 0. The van der Waals surface area contributed by atoms with Crippen molar-refractivity contribution in [3.05, 3.63) is 28.8 Å². The van der Waals surface area contributed by atoms with Gasteiger partial charge in [0.25, 0.3) is 5.91 Å². The fraction of sp³-hybridized carbons (Fsp3) is 0.533. The van der Waals surface area contributed by atoms with E-state index in [0.29, 0.717) is 11.3 Å². The Morgan fingerprint density at radius 3 is 2.33 bits per heavy atom. The molecule has 0 aromatic heterocycles. The van der Waals surface area contributed by atoms with Crippen molar-refractivity contribution in [3.8, 4) is 0 Å². The van der Waals surface area contributed by atoms with Gasteiger partial charge in [-0.15, -0.1) is 0 Å². The number of hydrogen-bond donors (Lipinski definition) is 1. The molecule has 0 radical (unpaired) electrons. The van der Waals surface area contributed by atoms with Crippen LogP contribution >= 0.6 is 0 Å². The van der Waals surface area contributed by atoms with Gasteiger partial charge < -0.3 is 10.6 Å². The molecule has 0 atom stereocenters. The Morgan fingerprint density at radius 2 is 1.83 bits per heavy atom. The number of hydrogen-bond acceptors (Lipinski definition) is 2. The molecule has 0 heterocycles. The highest BCUT2D eigenvalue weighted by Gasteiger charge is 2.27. The molecule has 0 spiro atoms. The summed E-state index contributed by atoms with van der Waals surface area (Å²) in [5.41, 5.74) is 9.11. The summed E-state index contributed by atoms with van der Waals surface area (Å²) in [7, 11) is 1.85. The number of rotatable bonds is 3. The number of amides is 1. The maximum Gasteiger partial charge on any atom is 0.254 e. The number of carbonyl (C=O) groups excluding carboxylic acids is 1. The number of nitrogens with zero attached hydrogens (tertiary/aromatic N) is 1. The van der Waals surface area contributed by atoms with Crippen LogP contribution in [0.25, 0.3) is 0 Å². The van der Waals surface area contributed by atoms with E-state index in [1.54, 1.807) is 11.0 Å². The first kappa shape index (κ1) is 14.6.